The second kappa shape index (κ2) is 10.1. The van der Waals surface area contributed by atoms with Crippen LogP contribution in [0.25, 0.3) is 16.9 Å². The molecule has 0 bridgehead atoms. The van der Waals surface area contributed by atoms with Crippen LogP contribution in [0.3, 0.4) is 0 Å². The molecule has 0 atom stereocenters. The lowest BCUT2D eigenvalue weighted by Crippen LogP contribution is -2.34. The van der Waals surface area contributed by atoms with Gasteiger partial charge in [0.2, 0.25) is 0 Å². The summed E-state index contributed by atoms with van der Waals surface area (Å²) < 4.78 is 12.5. The maximum atomic E-state index is 13.1. The van der Waals surface area contributed by atoms with Crippen LogP contribution >= 0.6 is 11.6 Å². The van der Waals surface area contributed by atoms with Crippen molar-refractivity contribution in [1.29, 1.82) is 0 Å². The molecule has 0 radical (unpaired) electrons. The molecule has 0 saturated carbocycles. The Morgan fingerprint density at radius 1 is 1.09 bits per heavy atom. The van der Waals surface area contributed by atoms with Gasteiger partial charge in [-0.2, -0.15) is 5.10 Å². The van der Waals surface area contributed by atoms with Crippen molar-refractivity contribution in [2.75, 3.05) is 40.4 Å². The van der Waals surface area contributed by atoms with E-state index in [0.29, 0.717) is 40.1 Å². The lowest BCUT2D eigenvalue weighted by molar-refractivity contribution is 0.0942. The molecule has 8 heteroatoms. The molecule has 32 heavy (non-hydrogen) atoms. The highest BCUT2D eigenvalue weighted by molar-refractivity contribution is 6.30. The smallest absolute Gasteiger partial charge is 0.270 e. The van der Waals surface area contributed by atoms with Gasteiger partial charge < -0.3 is 19.7 Å². The predicted octanol–water partition coefficient (Wildman–Crippen LogP) is 4.04. The number of likely N-dealkylation sites (tertiary alicyclic amines) is 1. The maximum Gasteiger partial charge on any atom is 0.270 e. The van der Waals surface area contributed by atoms with Gasteiger partial charge in [-0.1, -0.05) is 17.7 Å². The lowest BCUT2D eigenvalue weighted by Gasteiger charge is -2.15. The monoisotopic (exact) mass is 454 g/mol. The molecule has 1 aliphatic heterocycles. The van der Waals surface area contributed by atoms with Gasteiger partial charge >= 0.3 is 0 Å². The Kier molecular flexibility index (Phi) is 6.97. The van der Waals surface area contributed by atoms with E-state index in [1.165, 1.54) is 12.8 Å². The summed E-state index contributed by atoms with van der Waals surface area (Å²) in [7, 11) is 3.20. The molecule has 3 aromatic rings. The lowest BCUT2D eigenvalue weighted by atomic mass is 10.1. The summed E-state index contributed by atoms with van der Waals surface area (Å²) in [5.74, 6) is 1.11. The first kappa shape index (κ1) is 22.2. The zero-order valence-electron chi connectivity index (χ0n) is 18.3. The predicted molar refractivity (Wildman–Crippen MR) is 125 cm³/mol. The molecule has 0 unspecified atom stereocenters. The number of carbonyl (C=O) groups is 1. The number of methoxy groups -OCH3 is 2. The van der Waals surface area contributed by atoms with Crippen LogP contribution in [-0.4, -0.2) is 61.0 Å². The molecule has 2 heterocycles. The van der Waals surface area contributed by atoms with Crippen LogP contribution in [0.5, 0.6) is 11.5 Å². The number of amides is 1. The van der Waals surface area contributed by atoms with Crippen molar-refractivity contribution >= 4 is 17.5 Å². The summed E-state index contributed by atoms with van der Waals surface area (Å²) in [4.78, 5) is 15.5. The SMILES string of the molecule is COc1ccc(-c2cc(C(=O)NCCN3CCCC3)n(-c3cccc(Cl)c3)n2)c(OC)c1. The molecule has 1 aromatic heterocycles. The van der Waals surface area contributed by atoms with E-state index in [1.54, 1.807) is 43.2 Å². The van der Waals surface area contributed by atoms with Crippen LogP contribution in [0.1, 0.15) is 23.3 Å². The summed E-state index contributed by atoms with van der Waals surface area (Å²) in [5, 5.41) is 8.34. The van der Waals surface area contributed by atoms with Crippen molar-refractivity contribution < 1.29 is 14.3 Å². The molecule has 1 saturated heterocycles. The second-order valence-corrected chi connectivity index (χ2v) is 8.11. The van der Waals surface area contributed by atoms with E-state index in [1.807, 2.05) is 24.3 Å². The van der Waals surface area contributed by atoms with Gasteiger partial charge in [0.05, 0.1) is 25.6 Å². The molecule has 7 nitrogen and oxygen atoms in total. The standard InChI is InChI=1S/C24H27ClN4O3/c1-31-19-8-9-20(23(15-19)32-2)21-16-22(24(30)26-10-13-28-11-3-4-12-28)29(27-21)18-7-5-6-17(25)14-18/h5-9,14-16H,3-4,10-13H2,1-2H3,(H,26,30). The van der Waals surface area contributed by atoms with E-state index >= 15 is 0 Å². The Morgan fingerprint density at radius 2 is 1.91 bits per heavy atom. The Labute approximate surface area is 192 Å². The zero-order chi connectivity index (χ0) is 22.5. The van der Waals surface area contributed by atoms with E-state index in [9.17, 15) is 4.79 Å². The van der Waals surface area contributed by atoms with Crippen molar-refractivity contribution in [3.05, 3.63) is 59.2 Å². The molecule has 168 valence electrons. The largest absolute Gasteiger partial charge is 0.497 e. The Bertz CT molecular complexity index is 1090. The number of carbonyl (C=O) groups excluding carboxylic acids is 1. The van der Waals surface area contributed by atoms with E-state index in [2.05, 4.69) is 10.2 Å². The van der Waals surface area contributed by atoms with E-state index in [-0.39, 0.29) is 5.91 Å². The van der Waals surface area contributed by atoms with E-state index in [4.69, 9.17) is 26.2 Å². The van der Waals surface area contributed by atoms with Crippen LogP contribution in [0, 0.1) is 0 Å². The van der Waals surface area contributed by atoms with Gasteiger partial charge in [-0.15, -0.1) is 0 Å². The summed E-state index contributed by atoms with van der Waals surface area (Å²) in [6.45, 7) is 3.62. The van der Waals surface area contributed by atoms with E-state index in [0.717, 1.165) is 25.2 Å². The molecular weight excluding hydrogens is 428 g/mol. The van der Waals surface area contributed by atoms with Gasteiger partial charge in [-0.25, -0.2) is 4.68 Å². The van der Waals surface area contributed by atoms with E-state index < -0.39 is 0 Å². The van der Waals surface area contributed by atoms with Crippen molar-refractivity contribution in [2.24, 2.45) is 0 Å². The number of halogens is 1. The van der Waals surface area contributed by atoms with Gasteiger partial charge in [-0.05, 0) is 62.3 Å². The average Bonchev–Trinajstić information content (AvgIpc) is 3.49. The highest BCUT2D eigenvalue weighted by Crippen LogP contribution is 2.33. The number of ether oxygens (including phenoxy) is 2. The molecule has 1 fully saturated rings. The number of benzene rings is 2. The Balaban J connectivity index is 1.66. The minimum absolute atomic E-state index is 0.185. The van der Waals surface area contributed by atoms with Crippen LogP contribution in [0.4, 0.5) is 0 Å². The van der Waals surface area contributed by atoms with Gasteiger partial charge in [0.1, 0.15) is 17.2 Å². The van der Waals surface area contributed by atoms with Gasteiger partial charge in [0, 0.05) is 29.7 Å². The topological polar surface area (TPSA) is 68.6 Å². The van der Waals surface area contributed by atoms with Crippen molar-refractivity contribution in [3.8, 4) is 28.4 Å². The minimum atomic E-state index is -0.185. The summed E-state index contributed by atoms with van der Waals surface area (Å²) >= 11 is 6.21. The molecule has 0 aliphatic carbocycles. The first-order valence-electron chi connectivity index (χ1n) is 10.7. The molecule has 2 aromatic carbocycles. The zero-order valence-corrected chi connectivity index (χ0v) is 19.1. The van der Waals surface area contributed by atoms with Crippen LogP contribution in [0.15, 0.2) is 48.5 Å². The minimum Gasteiger partial charge on any atom is -0.497 e. The maximum absolute atomic E-state index is 13.1. The third-order valence-corrected chi connectivity index (χ3v) is 5.83. The van der Waals surface area contributed by atoms with Crippen molar-refractivity contribution in [1.82, 2.24) is 20.0 Å². The number of aromatic nitrogens is 2. The van der Waals surface area contributed by atoms with Crippen LogP contribution in [0.2, 0.25) is 5.02 Å². The number of nitrogens with zero attached hydrogens (tertiary/aromatic N) is 3. The molecule has 1 N–H and O–H groups in total. The molecule has 1 aliphatic rings. The van der Waals surface area contributed by atoms with Gasteiger partial charge in [-0.3, -0.25) is 4.79 Å². The average molecular weight is 455 g/mol. The fraction of sp³-hybridized carbons (Fsp3) is 0.333. The Hall–Kier alpha value is -3.03. The summed E-state index contributed by atoms with van der Waals surface area (Å²) in [5.41, 5.74) is 2.52. The molecular formula is C24H27ClN4O3. The van der Waals surface area contributed by atoms with Gasteiger partial charge in [0.25, 0.3) is 5.91 Å². The number of rotatable bonds is 8. The molecule has 4 rings (SSSR count). The summed E-state index contributed by atoms with van der Waals surface area (Å²) in [6, 6.07) is 14.6. The first-order valence-corrected chi connectivity index (χ1v) is 11.1. The highest BCUT2D eigenvalue weighted by Gasteiger charge is 2.20. The highest BCUT2D eigenvalue weighted by atomic mass is 35.5. The summed E-state index contributed by atoms with van der Waals surface area (Å²) in [6.07, 6.45) is 2.45. The van der Waals surface area contributed by atoms with Crippen LogP contribution in [-0.2, 0) is 0 Å². The number of hydrogen-bond donors (Lipinski definition) is 1. The molecule has 0 spiro atoms. The normalized spacial score (nSPS) is 13.8. The number of hydrogen-bond acceptors (Lipinski definition) is 5. The quantitative estimate of drug-likeness (QED) is 0.556. The van der Waals surface area contributed by atoms with Crippen molar-refractivity contribution in [2.45, 2.75) is 12.8 Å². The third kappa shape index (κ3) is 4.89. The number of nitrogens with one attached hydrogen (secondary N) is 1. The third-order valence-electron chi connectivity index (χ3n) is 5.59. The molecule has 1 amide bonds. The fourth-order valence-electron chi connectivity index (χ4n) is 3.91. The van der Waals surface area contributed by atoms with Gasteiger partial charge in [0.15, 0.2) is 0 Å². The fourth-order valence-corrected chi connectivity index (χ4v) is 4.10. The van der Waals surface area contributed by atoms with Crippen LogP contribution < -0.4 is 14.8 Å². The van der Waals surface area contributed by atoms with Crippen molar-refractivity contribution in [3.63, 3.8) is 0 Å². The Morgan fingerprint density at radius 3 is 2.62 bits per heavy atom. The second-order valence-electron chi connectivity index (χ2n) is 7.68. The first-order chi connectivity index (χ1) is 15.6.